The topological polar surface area (TPSA) is 89.1 Å². The number of halogens is 3. The number of aromatic nitrogens is 2. The van der Waals surface area contributed by atoms with Crippen molar-refractivity contribution in [2.75, 3.05) is 5.73 Å². The molecule has 1 heterocycles. The SMILES string of the molecule is Nc1nc(CCC(=O)O)nc2ccc(C(F)(F)F)cc12. The highest BCUT2D eigenvalue weighted by Gasteiger charge is 2.30. The van der Waals surface area contributed by atoms with Gasteiger partial charge in [0.1, 0.15) is 11.6 Å². The number of aliphatic carboxylic acids is 1. The number of alkyl halides is 3. The summed E-state index contributed by atoms with van der Waals surface area (Å²) >= 11 is 0. The van der Waals surface area contributed by atoms with Crippen molar-refractivity contribution in [3.05, 3.63) is 29.6 Å². The highest BCUT2D eigenvalue weighted by Crippen LogP contribution is 2.32. The van der Waals surface area contributed by atoms with Crippen LogP contribution in [0.5, 0.6) is 0 Å². The summed E-state index contributed by atoms with van der Waals surface area (Å²) in [6.07, 6.45) is -4.58. The standard InChI is InChI=1S/C12H10F3N3O2/c13-12(14,15)6-1-2-8-7(5-6)11(16)18-9(17-8)3-4-10(19)20/h1-2,5H,3-4H2,(H,19,20)(H2,16,17,18). The van der Waals surface area contributed by atoms with Crippen molar-refractivity contribution in [2.24, 2.45) is 0 Å². The molecular weight excluding hydrogens is 275 g/mol. The molecule has 0 radical (unpaired) electrons. The fraction of sp³-hybridized carbons (Fsp3) is 0.250. The van der Waals surface area contributed by atoms with Crippen LogP contribution < -0.4 is 5.73 Å². The largest absolute Gasteiger partial charge is 0.481 e. The lowest BCUT2D eigenvalue weighted by molar-refractivity contribution is -0.138. The Balaban J connectivity index is 2.44. The average molecular weight is 285 g/mol. The van der Waals surface area contributed by atoms with Gasteiger partial charge in [0.25, 0.3) is 0 Å². The summed E-state index contributed by atoms with van der Waals surface area (Å²) in [5.41, 5.74) is 5.03. The second-order valence-electron chi connectivity index (χ2n) is 4.15. The molecule has 0 fully saturated rings. The van der Waals surface area contributed by atoms with Crippen LogP contribution in [-0.2, 0) is 17.4 Å². The number of nitrogens with two attached hydrogens (primary N) is 1. The summed E-state index contributed by atoms with van der Waals surface area (Å²) in [4.78, 5) is 18.3. The van der Waals surface area contributed by atoms with Crippen LogP contribution >= 0.6 is 0 Å². The van der Waals surface area contributed by atoms with Crippen LogP contribution in [0.2, 0.25) is 0 Å². The van der Waals surface area contributed by atoms with Crippen molar-refractivity contribution in [2.45, 2.75) is 19.0 Å². The zero-order valence-electron chi connectivity index (χ0n) is 10.1. The molecule has 0 saturated heterocycles. The third kappa shape index (κ3) is 2.95. The molecule has 0 spiro atoms. The number of benzene rings is 1. The number of hydrogen-bond donors (Lipinski definition) is 2. The highest BCUT2D eigenvalue weighted by molar-refractivity contribution is 5.88. The minimum Gasteiger partial charge on any atom is -0.481 e. The van der Waals surface area contributed by atoms with Gasteiger partial charge in [-0.3, -0.25) is 4.79 Å². The molecule has 0 saturated carbocycles. The number of rotatable bonds is 3. The van der Waals surface area contributed by atoms with Crippen LogP contribution in [0.1, 0.15) is 17.8 Å². The van der Waals surface area contributed by atoms with Gasteiger partial charge in [0, 0.05) is 11.8 Å². The summed E-state index contributed by atoms with van der Waals surface area (Å²) in [6, 6.07) is 2.97. The number of anilines is 1. The first-order chi connectivity index (χ1) is 9.27. The van der Waals surface area contributed by atoms with E-state index >= 15 is 0 Å². The zero-order chi connectivity index (χ0) is 14.9. The van der Waals surface area contributed by atoms with E-state index in [2.05, 4.69) is 9.97 Å². The van der Waals surface area contributed by atoms with E-state index in [1.54, 1.807) is 0 Å². The number of carbonyl (C=O) groups is 1. The Kier molecular flexibility index (Phi) is 3.47. The Hall–Kier alpha value is -2.38. The fourth-order valence-corrected chi connectivity index (χ4v) is 1.71. The molecule has 20 heavy (non-hydrogen) atoms. The van der Waals surface area contributed by atoms with Gasteiger partial charge in [0.05, 0.1) is 17.5 Å². The van der Waals surface area contributed by atoms with E-state index in [-0.39, 0.29) is 35.4 Å². The van der Waals surface area contributed by atoms with Crippen molar-refractivity contribution in [1.82, 2.24) is 9.97 Å². The molecule has 1 aromatic carbocycles. The second-order valence-corrected chi connectivity index (χ2v) is 4.15. The molecule has 3 N–H and O–H groups in total. The number of carboxylic acids is 1. The third-order valence-electron chi connectivity index (χ3n) is 2.66. The molecule has 106 valence electrons. The monoisotopic (exact) mass is 285 g/mol. The van der Waals surface area contributed by atoms with Crippen LogP contribution in [-0.4, -0.2) is 21.0 Å². The maximum Gasteiger partial charge on any atom is 0.416 e. The van der Waals surface area contributed by atoms with Crippen molar-refractivity contribution in [1.29, 1.82) is 0 Å². The Morgan fingerprint density at radius 1 is 1.30 bits per heavy atom. The van der Waals surface area contributed by atoms with Gasteiger partial charge in [0.15, 0.2) is 0 Å². The van der Waals surface area contributed by atoms with Crippen molar-refractivity contribution < 1.29 is 23.1 Å². The van der Waals surface area contributed by atoms with Gasteiger partial charge in [-0.2, -0.15) is 13.2 Å². The minimum atomic E-state index is -4.47. The van der Waals surface area contributed by atoms with Gasteiger partial charge in [-0.05, 0) is 18.2 Å². The first-order valence-electron chi connectivity index (χ1n) is 5.62. The molecule has 0 amide bonds. The van der Waals surface area contributed by atoms with Crippen LogP contribution in [0.4, 0.5) is 19.0 Å². The fourth-order valence-electron chi connectivity index (χ4n) is 1.71. The molecule has 0 aliphatic carbocycles. The molecule has 0 bridgehead atoms. The minimum absolute atomic E-state index is 0.0660. The smallest absolute Gasteiger partial charge is 0.416 e. The lowest BCUT2D eigenvalue weighted by Crippen LogP contribution is -2.07. The zero-order valence-corrected chi connectivity index (χ0v) is 10.1. The van der Waals surface area contributed by atoms with Crippen LogP contribution in [0.15, 0.2) is 18.2 Å². The van der Waals surface area contributed by atoms with E-state index < -0.39 is 17.7 Å². The summed E-state index contributed by atoms with van der Waals surface area (Å²) < 4.78 is 37.8. The van der Waals surface area contributed by atoms with Crippen molar-refractivity contribution in [3.63, 3.8) is 0 Å². The van der Waals surface area contributed by atoms with E-state index in [1.165, 1.54) is 6.07 Å². The molecular formula is C12H10F3N3O2. The first-order valence-corrected chi connectivity index (χ1v) is 5.62. The van der Waals surface area contributed by atoms with E-state index in [9.17, 15) is 18.0 Å². The number of aryl methyl sites for hydroxylation is 1. The quantitative estimate of drug-likeness (QED) is 0.902. The Morgan fingerprint density at radius 3 is 2.60 bits per heavy atom. The normalized spacial score (nSPS) is 11.8. The van der Waals surface area contributed by atoms with Gasteiger partial charge in [-0.1, -0.05) is 0 Å². The first kappa shape index (κ1) is 14.0. The van der Waals surface area contributed by atoms with E-state index in [0.29, 0.717) is 0 Å². The van der Waals surface area contributed by atoms with Gasteiger partial charge >= 0.3 is 12.1 Å². The number of fused-ring (bicyclic) bond motifs is 1. The molecule has 2 rings (SSSR count). The molecule has 5 nitrogen and oxygen atoms in total. The average Bonchev–Trinajstić information content (AvgIpc) is 2.35. The van der Waals surface area contributed by atoms with Crippen molar-refractivity contribution in [3.8, 4) is 0 Å². The van der Waals surface area contributed by atoms with E-state index in [1.807, 2.05) is 0 Å². The lowest BCUT2D eigenvalue weighted by Gasteiger charge is -2.09. The van der Waals surface area contributed by atoms with Gasteiger partial charge in [0.2, 0.25) is 0 Å². The van der Waals surface area contributed by atoms with Gasteiger partial charge in [-0.25, -0.2) is 9.97 Å². The molecule has 8 heteroatoms. The van der Waals surface area contributed by atoms with Crippen molar-refractivity contribution >= 4 is 22.7 Å². The summed E-state index contributed by atoms with van der Waals surface area (Å²) in [5, 5.41) is 8.67. The van der Waals surface area contributed by atoms with Gasteiger partial charge in [-0.15, -0.1) is 0 Å². The Morgan fingerprint density at radius 2 is 2.00 bits per heavy atom. The van der Waals surface area contributed by atoms with Crippen LogP contribution in [0, 0.1) is 0 Å². The maximum atomic E-state index is 12.6. The summed E-state index contributed by atoms with van der Waals surface area (Å²) in [5.74, 6) is -0.918. The van der Waals surface area contributed by atoms with Gasteiger partial charge < -0.3 is 10.8 Å². The highest BCUT2D eigenvalue weighted by atomic mass is 19.4. The number of nitrogen functional groups attached to an aromatic ring is 1. The molecule has 0 unspecified atom stereocenters. The number of nitrogens with zero attached hydrogens (tertiary/aromatic N) is 2. The lowest BCUT2D eigenvalue weighted by atomic mass is 10.1. The molecule has 0 atom stereocenters. The predicted octanol–water partition coefficient (Wildman–Crippen LogP) is 2.25. The van der Waals surface area contributed by atoms with E-state index in [0.717, 1.165) is 12.1 Å². The number of hydrogen-bond acceptors (Lipinski definition) is 4. The van der Waals surface area contributed by atoms with Crippen LogP contribution in [0.25, 0.3) is 10.9 Å². The maximum absolute atomic E-state index is 12.6. The molecule has 0 aliphatic rings. The third-order valence-corrected chi connectivity index (χ3v) is 2.66. The number of carboxylic acid groups (broad SMARTS) is 1. The molecule has 2 aromatic rings. The second kappa shape index (κ2) is 4.95. The Labute approximate surface area is 111 Å². The van der Waals surface area contributed by atoms with E-state index in [4.69, 9.17) is 10.8 Å². The predicted molar refractivity (Wildman–Crippen MR) is 64.9 cm³/mol. The summed E-state index contributed by atoms with van der Waals surface area (Å²) in [7, 11) is 0. The van der Waals surface area contributed by atoms with Crippen LogP contribution in [0.3, 0.4) is 0 Å². The Bertz CT molecular complexity index is 671. The molecule has 1 aromatic heterocycles. The summed E-state index contributed by atoms with van der Waals surface area (Å²) in [6.45, 7) is 0. The molecule has 0 aliphatic heterocycles.